The minimum absolute atomic E-state index is 0.0833. The standard InChI is InChI=1S/C4H8ClN2/c1-7-3-6-2-4(7)5/h2,4,6H,3H2,1H3. The molecule has 1 aliphatic rings. The summed E-state index contributed by atoms with van der Waals surface area (Å²) in [6.07, 6.45) is 0. The van der Waals surface area contributed by atoms with Crippen LogP contribution in [0.3, 0.4) is 0 Å². The van der Waals surface area contributed by atoms with Crippen molar-refractivity contribution in [3.05, 3.63) is 6.54 Å². The van der Waals surface area contributed by atoms with Crippen LogP contribution in [-0.2, 0) is 0 Å². The van der Waals surface area contributed by atoms with Crippen molar-refractivity contribution in [2.75, 3.05) is 13.7 Å². The molecule has 1 unspecified atom stereocenters. The maximum atomic E-state index is 5.67. The fourth-order valence-corrected chi connectivity index (χ4v) is 0.666. The molecule has 2 nitrogen and oxygen atoms in total. The van der Waals surface area contributed by atoms with Gasteiger partial charge in [0.2, 0.25) is 0 Å². The molecular formula is C4H8ClN2. The van der Waals surface area contributed by atoms with Gasteiger partial charge in [-0.1, -0.05) is 0 Å². The molecule has 3 heteroatoms. The largest absolute Gasteiger partial charge is 0.297 e. The molecular weight excluding hydrogens is 112 g/mol. The highest BCUT2D eigenvalue weighted by Crippen LogP contribution is 2.07. The summed E-state index contributed by atoms with van der Waals surface area (Å²) in [6.45, 7) is 2.73. The van der Waals surface area contributed by atoms with Crippen molar-refractivity contribution < 1.29 is 0 Å². The number of likely N-dealkylation sites (N-methyl/N-ethyl adjacent to an activating group) is 1. The summed E-state index contributed by atoms with van der Waals surface area (Å²) in [6, 6.07) is 0. The number of nitrogens with zero attached hydrogens (tertiary/aromatic N) is 1. The molecule has 41 valence electrons. The van der Waals surface area contributed by atoms with E-state index >= 15 is 0 Å². The summed E-state index contributed by atoms with van der Waals surface area (Å²) in [5, 5.41) is 2.99. The van der Waals surface area contributed by atoms with Gasteiger partial charge in [0.15, 0.2) is 0 Å². The second kappa shape index (κ2) is 1.99. The lowest BCUT2D eigenvalue weighted by atomic mass is 10.6. The van der Waals surface area contributed by atoms with Crippen LogP contribution in [0.1, 0.15) is 0 Å². The van der Waals surface area contributed by atoms with E-state index in [1.807, 2.05) is 18.5 Å². The number of halogens is 1. The Bertz CT molecular complexity index is 58.7. The Morgan fingerprint density at radius 3 is 2.86 bits per heavy atom. The van der Waals surface area contributed by atoms with E-state index in [2.05, 4.69) is 5.32 Å². The summed E-state index contributed by atoms with van der Waals surface area (Å²) in [4.78, 5) is 2.00. The van der Waals surface area contributed by atoms with E-state index in [0.717, 1.165) is 6.67 Å². The summed E-state index contributed by atoms with van der Waals surface area (Å²) in [7, 11) is 1.97. The first kappa shape index (κ1) is 5.35. The molecule has 1 N–H and O–H groups in total. The maximum Gasteiger partial charge on any atom is 0.103 e. The zero-order chi connectivity index (χ0) is 5.28. The summed E-state index contributed by atoms with van der Waals surface area (Å²) >= 11 is 5.67. The third-order valence-corrected chi connectivity index (χ3v) is 1.48. The third-order valence-electron chi connectivity index (χ3n) is 1.02. The molecule has 0 aromatic rings. The number of rotatable bonds is 0. The van der Waals surface area contributed by atoms with Crippen LogP contribution in [-0.4, -0.2) is 24.1 Å². The lowest BCUT2D eigenvalue weighted by molar-refractivity contribution is 0.387. The van der Waals surface area contributed by atoms with Crippen LogP contribution in [0.25, 0.3) is 0 Å². The fourth-order valence-electron chi connectivity index (χ4n) is 0.508. The Kier molecular flexibility index (Phi) is 1.52. The second-order valence-electron chi connectivity index (χ2n) is 1.66. The lowest BCUT2D eigenvalue weighted by Gasteiger charge is -2.07. The molecule has 7 heavy (non-hydrogen) atoms. The van der Waals surface area contributed by atoms with Gasteiger partial charge in [-0.15, -0.1) is 11.6 Å². The van der Waals surface area contributed by atoms with Gasteiger partial charge < -0.3 is 0 Å². The van der Waals surface area contributed by atoms with Crippen LogP contribution in [0.4, 0.5) is 0 Å². The lowest BCUT2D eigenvalue weighted by Crippen LogP contribution is -2.20. The van der Waals surface area contributed by atoms with Crippen molar-refractivity contribution >= 4 is 11.6 Å². The van der Waals surface area contributed by atoms with Crippen LogP contribution in [0.2, 0.25) is 0 Å². The van der Waals surface area contributed by atoms with Crippen LogP contribution in [0, 0.1) is 6.54 Å². The Morgan fingerprint density at radius 2 is 2.71 bits per heavy atom. The molecule has 0 aliphatic carbocycles. The molecule has 0 bridgehead atoms. The summed E-state index contributed by atoms with van der Waals surface area (Å²) in [5.41, 5.74) is 0.0833. The zero-order valence-electron chi connectivity index (χ0n) is 4.19. The van der Waals surface area contributed by atoms with Gasteiger partial charge in [0.25, 0.3) is 0 Å². The zero-order valence-corrected chi connectivity index (χ0v) is 4.94. The number of nitrogens with one attached hydrogen (secondary N) is 1. The molecule has 0 amide bonds. The van der Waals surface area contributed by atoms with Crippen molar-refractivity contribution in [1.82, 2.24) is 10.2 Å². The van der Waals surface area contributed by atoms with E-state index in [4.69, 9.17) is 11.6 Å². The quantitative estimate of drug-likeness (QED) is 0.362. The van der Waals surface area contributed by atoms with Gasteiger partial charge >= 0.3 is 0 Å². The molecule has 1 heterocycles. The number of hydrogen-bond donors (Lipinski definition) is 1. The second-order valence-corrected chi connectivity index (χ2v) is 2.11. The van der Waals surface area contributed by atoms with Gasteiger partial charge in [0.1, 0.15) is 5.50 Å². The fraction of sp³-hybridized carbons (Fsp3) is 0.750. The average molecular weight is 120 g/mol. The Labute approximate surface area is 48.4 Å². The van der Waals surface area contributed by atoms with Gasteiger partial charge in [-0.3, -0.25) is 10.2 Å². The van der Waals surface area contributed by atoms with Gasteiger partial charge in [-0.2, -0.15) is 0 Å². The van der Waals surface area contributed by atoms with E-state index in [1.165, 1.54) is 0 Å². The Hall–Kier alpha value is 0.210. The van der Waals surface area contributed by atoms with Gasteiger partial charge in [-0.25, -0.2) is 0 Å². The molecule has 1 fully saturated rings. The van der Waals surface area contributed by atoms with Crippen LogP contribution >= 0.6 is 11.6 Å². The van der Waals surface area contributed by atoms with Crippen molar-refractivity contribution in [1.29, 1.82) is 0 Å². The molecule has 0 aromatic heterocycles. The highest BCUT2D eigenvalue weighted by Gasteiger charge is 2.16. The van der Waals surface area contributed by atoms with E-state index < -0.39 is 0 Å². The molecule has 1 aliphatic heterocycles. The van der Waals surface area contributed by atoms with Crippen molar-refractivity contribution in [2.45, 2.75) is 5.50 Å². The van der Waals surface area contributed by atoms with Crippen molar-refractivity contribution in [3.8, 4) is 0 Å². The number of alkyl halides is 1. The van der Waals surface area contributed by atoms with Crippen molar-refractivity contribution in [3.63, 3.8) is 0 Å². The maximum absolute atomic E-state index is 5.67. The normalized spacial score (nSPS) is 34.3. The molecule has 1 atom stereocenters. The van der Waals surface area contributed by atoms with Gasteiger partial charge in [0.05, 0.1) is 6.54 Å². The summed E-state index contributed by atoms with van der Waals surface area (Å²) < 4.78 is 0. The molecule has 1 saturated heterocycles. The average Bonchev–Trinajstić information content (AvgIpc) is 1.91. The Balaban J connectivity index is 2.33. The van der Waals surface area contributed by atoms with E-state index in [0.29, 0.717) is 0 Å². The minimum atomic E-state index is 0.0833. The van der Waals surface area contributed by atoms with E-state index in [-0.39, 0.29) is 5.50 Å². The van der Waals surface area contributed by atoms with Gasteiger partial charge in [0, 0.05) is 6.67 Å². The van der Waals surface area contributed by atoms with Crippen molar-refractivity contribution in [2.24, 2.45) is 0 Å². The topological polar surface area (TPSA) is 15.3 Å². The molecule has 0 saturated carbocycles. The minimum Gasteiger partial charge on any atom is -0.297 e. The predicted molar refractivity (Wildman–Crippen MR) is 29.7 cm³/mol. The van der Waals surface area contributed by atoms with Gasteiger partial charge in [-0.05, 0) is 7.05 Å². The molecule has 1 radical (unpaired) electrons. The monoisotopic (exact) mass is 119 g/mol. The van der Waals surface area contributed by atoms with Crippen LogP contribution in [0.15, 0.2) is 0 Å². The van der Waals surface area contributed by atoms with E-state index in [9.17, 15) is 0 Å². The first-order chi connectivity index (χ1) is 3.30. The first-order valence-electron chi connectivity index (χ1n) is 2.22. The summed E-state index contributed by atoms with van der Waals surface area (Å²) in [5.74, 6) is 0. The van der Waals surface area contributed by atoms with Crippen LogP contribution < -0.4 is 5.32 Å². The molecule has 0 aromatic carbocycles. The third kappa shape index (κ3) is 1.06. The highest BCUT2D eigenvalue weighted by molar-refractivity contribution is 6.21. The molecule has 0 spiro atoms. The smallest absolute Gasteiger partial charge is 0.103 e. The van der Waals surface area contributed by atoms with E-state index in [1.54, 1.807) is 0 Å². The highest BCUT2D eigenvalue weighted by atomic mass is 35.5. The Morgan fingerprint density at radius 1 is 2.00 bits per heavy atom. The van der Waals surface area contributed by atoms with Crippen LogP contribution in [0.5, 0.6) is 0 Å². The number of hydrogen-bond acceptors (Lipinski definition) is 2. The SMILES string of the molecule is CN1CN[CH]C1Cl. The predicted octanol–water partition coefficient (Wildman–Crippen LogP) is 0.206. The first-order valence-corrected chi connectivity index (χ1v) is 2.65. The molecule has 1 rings (SSSR count).